The van der Waals surface area contributed by atoms with E-state index in [9.17, 15) is 14.4 Å². The van der Waals surface area contributed by atoms with Gasteiger partial charge in [0.25, 0.3) is 5.91 Å². The van der Waals surface area contributed by atoms with Crippen LogP contribution in [0.3, 0.4) is 0 Å². The molecule has 0 saturated carbocycles. The number of nitrogens with one attached hydrogen (secondary N) is 1. The van der Waals surface area contributed by atoms with Gasteiger partial charge >= 0.3 is 0 Å². The monoisotopic (exact) mass is 441 g/mol. The van der Waals surface area contributed by atoms with E-state index in [4.69, 9.17) is 11.6 Å². The van der Waals surface area contributed by atoms with Gasteiger partial charge in [0, 0.05) is 50.1 Å². The maximum atomic E-state index is 13.3. The molecule has 0 aliphatic carbocycles. The molecular weight excluding hydrogens is 414 g/mol. The number of likely N-dealkylation sites (tertiary alicyclic amines) is 1. The van der Waals surface area contributed by atoms with Gasteiger partial charge < -0.3 is 15.1 Å². The molecule has 1 unspecified atom stereocenters. The summed E-state index contributed by atoms with van der Waals surface area (Å²) in [5.74, 6) is -0.398. The highest BCUT2D eigenvalue weighted by Crippen LogP contribution is 2.20. The van der Waals surface area contributed by atoms with Crippen molar-refractivity contribution in [3.8, 4) is 0 Å². The Morgan fingerprint density at radius 2 is 1.65 bits per heavy atom. The molecule has 1 heterocycles. The fourth-order valence-corrected chi connectivity index (χ4v) is 3.95. The van der Waals surface area contributed by atoms with Crippen molar-refractivity contribution in [2.45, 2.75) is 25.3 Å². The smallest absolute Gasteiger partial charge is 0.251 e. The van der Waals surface area contributed by atoms with E-state index in [0.717, 1.165) is 5.56 Å². The Morgan fingerprint density at radius 1 is 1.03 bits per heavy atom. The second-order valence-electron chi connectivity index (χ2n) is 8.05. The highest BCUT2D eigenvalue weighted by molar-refractivity contribution is 6.30. The molecule has 1 fully saturated rings. The lowest BCUT2D eigenvalue weighted by atomic mass is 9.94. The van der Waals surface area contributed by atoms with Crippen LogP contribution in [0.1, 0.15) is 28.8 Å². The molecule has 0 spiro atoms. The summed E-state index contributed by atoms with van der Waals surface area (Å²) < 4.78 is 0. The van der Waals surface area contributed by atoms with Crippen LogP contribution in [0.4, 0.5) is 0 Å². The summed E-state index contributed by atoms with van der Waals surface area (Å²) in [6.07, 6.45) is 1.66. The number of benzene rings is 2. The van der Waals surface area contributed by atoms with E-state index in [2.05, 4.69) is 5.32 Å². The number of carbonyl (C=O) groups is 3. The molecule has 3 amide bonds. The highest BCUT2D eigenvalue weighted by atomic mass is 35.5. The summed E-state index contributed by atoms with van der Waals surface area (Å²) in [5, 5.41) is 3.45. The minimum Gasteiger partial charge on any atom is -0.349 e. The summed E-state index contributed by atoms with van der Waals surface area (Å²) in [7, 11) is 3.50. The lowest BCUT2D eigenvalue weighted by molar-refractivity contribution is -0.140. The van der Waals surface area contributed by atoms with Crippen LogP contribution in [0.25, 0.3) is 0 Å². The molecule has 2 aromatic rings. The number of nitrogens with zero attached hydrogens (tertiary/aromatic N) is 2. The Hall–Kier alpha value is -2.86. The van der Waals surface area contributed by atoms with Gasteiger partial charge in [-0.1, -0.05) is 41.9 Å². The molecule has 1 aliphatic heterocycles. The SMILES string of the molecule is CN(C)C(=O)C1CCN(C(=O)C(Cc2ccccc2)NC(=O)c2ccc(Cl)cc2)CC1. The van der Waals surface area contributed by atoms with Gasteiger partial charge in [0.15, 0.2) is 0 Å². The van der Waals surface area contributed by atoms with Crippen molar-refractivity contribution >= 4 is 29.3 Å². The normalized spacial score (nSPS) is 15.3. The van der Waals surface area contributed by atoms with E-state index < -0.39 is 6.04 Å². The fraction of sp³-hybridized carbons (Fsp3) is 0.375. The minimum atomic E-state index is -0.688. The Balaban J connectivity index is 1.71. The number of carbonyl (C=O) groups excluding carboxylic acids is 3. The molecule has 1 saturated heterocycles. The van der Waals surface area contributed by atoms with Gasteiger partial charge in [0.2, 0.25) is 11.8 Å². The van der Waals surface area contributed by atoms with E-state index >= 15 is 0 Å². The molecule has 2 aromatic carbocycles. The number of rotatable bonds is 6. The number of amides is 3. The maximum Gasteiger partial charge on any atom is 0.251 e. The third-order valence-corrected chi connectivity index (χ3v) is 5.84. The molecule has 31 heavy (non-hydrogen) atoms. The van der Waals surface area contributed by atoms with E-state index in [1.165, 1.54) is 0 Å². The van der Waals surface area contributed by atoms with Gasteiger partial charge in [0.1, 0.15) is 6.04 Å². The molecule has 6 nitrogen and oxygen atoms in total. The lowest BCUT2D eigenvalue weighted by Gasteiger charge is -2.34. The van der Waals surface area contributed by atoms with E-state index in [1.54, 1.807) is 48.2 Å². The largest absolute Gasteiger partial charge is 0.349 e. The number of hydrogen-bond donors (Lipinski definition) is 1. The fourth-order valence-electron chi connectivity index (χ4n) is 3.83. The van der Waals surface area contributed by atoms with Crippen LogP contribution in [0.5, 0.6) is 0 Å². The Bertz CT molecular complexity index is 907. The molecule has 1 N–H and O–H groups in total. The number of piperidine rings is 1. The van der Waals surface area contributed by atoms with Crippen molar-refractivity contribution in [2.75, 3.05) is 27.2 Å². The predicted octanol–water partition coefficient (Wildman–Crippen LogP) is 3.01. The average Bonchev–Trinajstić information content (AvgIpc) is 2.78. The molecule has 7 heteroatoms. The zero-order valence-corrected chi connectivity index (χ0v) is 18.6. The van der Waals surface area contributed by atoms with Gasteiger partial charge in [-0.3, -0.25) is 14.4 Å². The maximum absolute atomic E-state index is 13.3. The summed E-state index contributed by atoms with van der Waals surface area (Å²) in [6, 6.07) is 15.5. The standard InChI is InChI=1S/C24H28ClN3O3/c1-27(2)23(30)19-12-14-28(15-13-19)24(31)21(16-17-6-4-3-5-7-17)26-22(29)18-8-10-20(25)11-9-18/h3-11,19,21H,12-16H2,1-2H3,(H,26,29). The molecule has 164 valence electrons. The van der Waals surface area contributed by atoms with Gasteiger partial charge in [-0.25, -0.2) is 0 Å². The van der Waals surface area contributed by atoms with Gasteiger partial charge in [-0.05, 0) is 42.7 Å². The van der Waals surface area contributed by atoms with Crippen molar-refractivity contribution in [3.63, 3.8) is 0 Å². The zero-order valence-electron chi connectivity index (χ0n) is 17.9. The van der Waals surface area contributed by atoms with Crippen LogP contribution in [-0.4, -0.2) is 60.7 Å². The van der Waals surface area contributed by atoms with Crippen LogP contribution in [0.2, 0.25) is 5.02 Å². The van der Waals surface area contributed by atoms with E-state index in [-0.39, 0.29) is 23.6 Å². The lowest BCUT2D eigenvalue weighted by Crippen LogP contribution is -2.52. The molecule has 0 bridgehead atoms. The van der Waals surface area contributed by atoms with Crippen LogP contribution in [0.15, 0.2) is 54.6 Å². The van der Waals surface area contributed by atoms with Gasteiger partial charge in [-0.15, -0.1) is 0 Å². The summed E-state index contributed by atoms with van der Waals surface area (Å²) in [6.45, 7) is 1.01. The highest BCUT2D eigenvalue weighted by Gasteiger charge is 2.32. The topological polar surface area (TPSA) is 69.7 Å². The van der Waals surface area contributed by atoms with Crippen molar-refractivity contribution in [3.05, 3.63) is 70.7 Å². The average molecular weight is 442 g/mol. The molecule has 1 aliphatic rings. The van der Waals surface area contributed by atoms with Crippen molar-refractivity contribution in [2.24, 2.45) is 5.92 Å². The molecule has 1 atom stereocenters. The Labute approximate surface area is 188 Å². The van der Waals surface area contributed by atoms with E-state index in [1.807, 2.05) is 30.3 Å². The van der Waals surface area contributed by atoms with Crippen molar-refractivity contribution < 1.29 is 14.4 Å². The summed E-state index contributed by atoms with van der Waals surface area (Å²) in [5.41, 5.74) is 1.42. The van der Waals surface area contributed by atoms with Crippen LogP contribution >= 0.6 is 11.6 Å². The predicted molar refractivity (Wildman–Crippen MR) is 121 cm³/mol. The minimum absolute atomic E-state index is 0.0599. The second-order valence-corrected chi connectivity index (χ2v) is 8.49. The first-order chi connectivity index (χ1) is 14.8. The van der Waals surface area contributed by atoms with Gasteiger partial charge in [-0.2, -0.15) is 0 Å². The first kappa shape index (κ1) is 22.8. The van der Waals surface area contributed by atoms with Crippen LogP contribution < -0.4 is 5.32 Å². The van der Waals surface area contributed by atoms with Gasteiger partial charge in [0.05, 0.1) is 0 Å². The molecule has 0 aromatic heterocycles. The second kappa shape index (κ2) is 10.4. The summed E-state index contributed by atoms with van der Waals surface area (Å²) in [4.78, 5) is 41.7. The quantitative estimate of drug-likeness (QED) is 0.749. The van der Waals surface area contributed by atoms with Crippen molar-refractivity contribution in [1.82, 2.24) is 15.1 Å². The van der Waals surface area contributed by atoms with Crippen molar-refractivity contribution in [1.29, 1.82) is 0 Å². The summed E-state index contributed by atoms with van der Waals surface area (Å²) >= 11 is 5.92. The number of halogens is 1. The Morgan fingerprint density at radius 3 is 2.23 bits per heavy atom. The zero-order chi connectivity index (χ0) is 22.4. The Kier molecular flexibility index (Phi) is 7.69. The first-order valence-corrected chi connectivity index (χ1v) is 10.8. The molecular formula is C24H28ClN3O3. The van der Waals surface area contributed by atoms with Crippen LogP contribution in [0, 0.1) is 5.92 Å². The molecule has 0 radical (unpaired) electrons. The first-order valence-electron chi connectivity index (χ1n) is 10.5. The van der Waals surface area contributed by atoms with Crippen LogP contribution in [-0.2, 0) is 16.0 Å². The number of hydrogen-bond acceptors (Lipinski definition) is 3. The molecule has 3 rings (SSSR count). The third-order valence-electron chi connectivity index (χ3n) is 5.59. The third kappa shape index (κ3) is 6.07. The van der Waals surface area contributed by atoms with E-state index in [0.29, 0.717) is 42.9 Å².